The fourth-order valence-electron chi connectivity index (χ4n) is 1.75. The molecule has 1 unspecified atom stereocenters. The first-order chi connectivity index (χ1) is 8.95. The number of alkyl halides is 1. The van der Waals surface area contributed by atoms with Crippen molar-refractivity contribution in [2.24, 2.45) is 0 Å². The SMILES string of the molecule is Fc1ccc(CC(Br)c2cc(Cl)cc(Cl)c2)cc1F. The number of rotatable bonds is 3. The minimum atomic E-state index is -0.847. The number of hydrogen-bond acceptors (Lipinski definition) is 0. The van der Waals surface area contributed by atoms with Crippen molar-refractivity contribution in [2.45, 2.75) is 11.2 Å². The van der Waals surface area contributed by atoms with E-state index in [1.807, 2.05) is 0 Å². The van der Waals surface area contributed by atoms with Crippen LogP contribution in [-0.4, -0.2) is 0 Å². The van der Waals surface area contributed by atoms with Gasteiger partial charge in [0, 0.05) is 14.9 Å². The van der Waals surface area contributed by atoms with Crippen molar-refractivity contribution in [3.8, 4) is 0 Å². The van der Waals surface area contributed by atoms with Crippen LogP contribution in [0.15, 0.2) is 36.4 Å². The Bertz CT molecular complexity index is 582. The third-order valence-corrected chi connectivity index (χ3v) is 3.93. The van der Waals surface area contributed by atoms with E-state index in [-0.39, 0.29) is 4.83 Å². The highest BCUT2D eigenvalue weighted by molar-refractivity contribution is 9.09. The molecule has 2 aromatic rings. The van der Waals surface area contributed by atoms with Crippen LogP contribution >= 0.6 is 39.1 Å². The molecular weight excluding hydrogens is 357 g/mol. The standard InChI is InChI=1S/C14H9BrCl2F2/c15-12(9-5-10(16)7-11(17)6-9)3-8-1-2-13(18)14(19)4-8/h1-2,4-7,12H,3H2. The molecule has 0 spiro atoms. The molecular formula is C14H9BrCl2F2. The molecule has 0 amide bonds. The van der Waals surface area contributed by atoms with Crippen LogP contribution in [0.4, 0.5) is 8.78 Å². The Kier molecular flexibility index (Phi) is 4.82. The highest BCUT2D eigenvalue weighted by Crippen LogP contribution is 2.31. The third-order valence-electron chi connectivity index (χ3n) is 2.65. The Labute approximate surface area is 128 Å². The lowest BCUT2D eigenvalue weighted by atomic mass is 10.0. The summed E-state index contributed by atoms with van der Waals surface area (Å²) in [5.74, 6) is -1.69. The Hall–Kier alpha value is -0.640. The Morgan fingerprint density at radius 3 is 2.16 bits per heavy atom. The molecule has 100 valence electrons. The van der Waals surface area contributed by atoms with E-state index in [1.165, 1.54) is 6.07 Å². The van der Waals surface area contributed by atoms with Gasteiger partial charge in [0.15, 0.2) is 11.6 Å². The van der Waals surface area contributed by atoms with Gasteiger partial charge in [-0.1, -0.05) is 45.2 Å². The molecule has 19 heavy (non-hydrogen) atoms. The van der Waals surface area contributed by atoms with Gasteiger partial charge in [-0.3, -0.25) is 0 Å². The lowest BCUT2D eigenvalue weighted by molar-refractivity contribution is 0.507. The second-order valence-electron chi connectivity index (χ2n) is 4.12. The van der Waals surface area contributed by atoms with Crippen LogP contribution < -0.4 is 0 Å². The second kappa shape index (κ2) is 6.21. The van der Waals surface area contributed by atoms with Crippen molar-refractivity contribution in [3.63, 3.8) is 0 Å². The number of hydrogen-bond donors (Lipinski definition) is 0. The summed E-state index contributed by atoms with van der Waals surface area (Å²) < 4.78 is 26.0. The average molecular weight is 366 g/mol. The lowest BCUT2D eigenvalue weighted by Gasteiger charge is -2.11. The van der Waals surface area contributed by atoms with Crippen LogP contribution in [0.1, 0.15) is 16.0 Å². The zero-order valence-electron chi connectivity index (χ0n) is 9.64. The summed E-state index contributed by atoms with van der Waals surface area (Å²) in [6, 6.07) is 9.08. The summed E-state index contributed by atoms with van der Waals surface area (Å²) >= 11 is 15.4. The molecule has 0 aliphatic carbocycles. The quantitative estimate of drug-likeness (QED) is 0.589. The molecule has 0 bridgehead atoms. The van der Waals surface area contributed by atoms with Crippen LogP contribution in [0, 0.1) is 11.6 Å². The van der Waals surface area contributed by atoms with Crippen LogP contribution in [0.3, 0.4) is 0 Å². The van der Waals surface area contributed by atoms with Gasteiger partial charge in [-0.2, -0.15) is 0 Å². The maximum Gasteiger partial charge on any atom is 0.159 e. The highest BCUT2D eigenvalue weighted by atomic mass is 79.9. The van der Waals surface area contributed by atoms with E-state index in [0.717, 1.165) is 11.6 Å². The summed E-state index contributed by atoms with van der Waals surface area (Å²) in [5.41, 5.74) is 1.58. The van der Waals surface area contributed by atoms with Gasteiger partial charge in [0.1, 0.15) is 0 Å². The minimum absolute atomic E-state index is 0.0754. The number of benzene rings is 2. The van der Waals surface area contributed by atoms with Crippen molar-refractivity contribution in [3.05, 3.63) is 69.2 Å². The molecule has 0 saturated heterocycles. The maximum absolute atomic E-state index is 13.1. The summed E-state index contributed by atoms with van der Waals surface area (Å²) in [6.45, 7) is 0. The molecule has 0 saturated carbocycles. The van der Waals surface area contributed by atoms with Crippen LogP contribution in [0.2, 0.25) is 10.0 Å². The predicted octanol–water partition coefficient (Wildman–Crippen LogP) is 5.95. The highest BCUT2D eigenvalue weighted by Gasteiger charge is 2.12. The molecule has 0 radical (unpaired) electrons. The molecule has 0 aliphatic heterocycles. The maximum atomic E-state index is 13.1. The molecule has 0 heterocycles. The van der Waals surface area contributed by atoms with Gasteiger partial charge in [0.2, 0.25) is 0 Å². The minimum Gasteiger partial charge on any atom is -0.204 e. The van der Waals surface area contributed by atoms with E-state index in [2.05, 4.69) is 15.9 Å². The van der Waals surface area contributed by atoms with Gasteiger partial charge in [0.25, 0.3) is 0 Å². The van der Waals surface area contributed by atoms with Gasteiger partial charge in [-0.05, 0) is 47.9 Å². The van der Waals surface area contributed by atoms with Crippen molar-refractivity contribution in [2.75, 3.05) is 0 Å². The van der Waals surface area contributed by atoms with E-state index >= 15 is 0 Å². The van der Waals surface area contributed by atoms with E-state index in [1.54, 1.807) is 24.3 Å². The van der Waals surface area contributed by atoms with E-state index in [4.69, 9.17) is 23.2 Å². The third kappa shape index (κ3) is 3.91. The van der Waals surface area contributed by atoms with Gasteiger partial charge < -0.3 is 0 Å². The van der Waals surface area contributed by atoms with Crippen molar-refractivity contribution < 1.29 is 8.78 Å². The zero-order valence-corrected chi connectivity index (χ0v) is 12.7. The van der Waals surface area contributed by atoms with Crippen molar-refractivity contribution in [1.29, 1.82) is 0 Å². The summed E-state index contributed by atoms with van der Waals surface area (Å²) in [6.07, 6.45) is 0.508. The van der Waals surface area contributed by atoms with Gasteiger partial charge in [-0.25, -0.2) is 8.78 Å². The molecule has 0 fully saturated rings. The zero-order chi connectivity index (χ0) is 14.0. The van der Waals surface area contributed by atoms with Crippen LogP contribution in [0.25, 0.3) is 0 Å². The first kappa shape index (κ1) is 14.8. The van der Waals surface area contributed by atoms with E-state index in [0.29, 0.717) is 22.0 Å². The Morgan fingerprint density at radius 2 is 1.58 bits per heavy atom. The number of halogens is 5. The predicted molar refractivity (Wildman–Crippen MR) is 78.2 cm³/mol. The molecule has 2 aromatic carbocycles. The molecule has 0 aliphatic rings. The fraction of sp³-hybridized carbons (Fsp3) is 0.143. The van der Waals surface area contributed by atoms with E-state index in [9.17, 15) is 8.78 Å². The largest absolute Gasteiger partial charge is 0.204 e. The molecule has 0 nitrogen and oxygen atoms in total. The molecule has 5 heteroatoms. The summed E-state index contributed by atoms with van der Waals surface area (Å²) in [4.78, 5) is -0.0754. The van der Waals surface area contributed by atoms with Gasteiger partial charge >= 0.3 is 0 Å². The average Bonchev–Trinajstić information content (AvgIpc) is 2.32. The first-order valence-electron chi connectivity index (χ1n) is 5.49. The molecule has 1 atom stereocenters. The molecule has 2 rings (SSSR count). The topological polar surface area (TPSA) is 0 Å². The van der Waals surface area contributed by atoms with E-state index < -0.39 is 11.6 Å². The Balaban J connectivity index is 2.20. The summed E-state index contributed by atoms with van der Waals surface area (Å²) in [7, 11) is 0. The first-order valence-corrected chi connectivity index (χ1v) is 7.17. The van der Waals surface area contributed by atoms with Crippen LogP contribution in [-0.2, 0) is 6.42 Å². The van der Waals surface area contributed by atoms with Crippen molar-refractivity contribution >= 4 is 39.1 Å². The molecule has 0 aromatic heterocycles. The monoisotopic (exact) mass is 364 g/mol. The normalized spacial score (nSPS) is 12.5. The van der Waals surface area contributed by atoms with Gasteiger partial charge in [0.05, 0.1) is 0 Å². The summed E-state index contributed by atoms with van der Waals surface area (Å²) in [5, 5.41) is 1.08. The van der Waals surface area contributed by atoms with Crippen molar-refractivity contribution in [1.82, 2.24) is 0 Å². The lowest BCUT2D eigenvalue weighted by Crippen LogP contribution is -1.97. The Morgan fingerprint density at radius 1 is 0.947 bits per heavy atom. The second-order valence-corrected chi connectivity index (χ2v) is 6.10. The molecule has 0 N–H and O–H groups in total. The van der Waals surface area contributed by atoms with Crippen LogP contribution in [0.5, 0.6) is 0 Å². The fourth-order valence-corrected chi connectivity index (χ4v) is 2.93. The smallest absolute Gasteiger partial charge is 0.159 e. The van der Waals surface area contributed by atoms with Gasteiger partial charge in [-0.15, -0.1) is 0 Å².